The first-order valence-corrected chi connectivity index (χ1v) is 11.9. The zero-order chi connectivity index (χ0) is 25.8. The standard InChI is InChI=1S/C27H35N3O5/c1-6-30(27(2,3)25(32)33)24(31)23(15-16-29(4)5)28-26(34)35-17-22-20-13-9-7-11-18(20)19-12-8-10-14-21(19)22/h7-14,22-23H,6,15-17H2,1-5H3,(H,28,34)(H,32,33). The molecule has 2 N–H and O–H groups in total. The van der Waals surface area contributed by atoms with E-state index in [9.17, 15) is 19.5 Å². The predicted molar refractivity (Wildman–Crippen MR) is 134 cm³/mol. The SMILES string of the molecule is CCN(C(=O)C(CCN(C)C)NC(=O)OCC1c2ccccc2-c2ccccc21)C(C)(C)C(=O)O. The lowest BCUT2D eigenvalue weighted by Gasteiger charge is -2.37. The Kier molecular flexibility index (Phi) is 8.17. The van der Waals surface area contributed by atoms with E-state index in [1.54, 1.807) is 6.92 Å². The summed E-state index contributed by atoms with van der Waals surface area (Å²) in [6.45, 7) is 5.54. The molecule has 2 aromatic rings. The minimum atomic E-state index is -1.41. The fourth-order valence-corrected chi connectivity index (χ4v) is 4.56. The minimum absolute atomic E-state index is 0.0952. The van der Waals surface area contributed by atoms with Crippen molar-refractivity contribution in [1.29, 1.82) is 0 Å². The Morgan fingerprint density at radius 2 is 1.57 bits per heavy atom. The summed E-state index contributed by atoms with van der Waals surface area (Å²) in [5.74, 6) is -1.65. The molecule has 188 valence electrons. The predicted octanol–water partition coefficient (Wildman–Crippen LogP) is 3.56. The van der Waals surface area contributed by atoms with E-state index in [1.807, 2.05) is 55.4 Å². The van der Waals surface area contributed by atoms with Gasteiger partial charge in [0, 0.05) is 12.5 Å². The van der Waals surface area contributed by atoms with Crippen molar-refractivity contribution in [2.24, 2.45) is 0 Å². The molecule has 3 rings (SSSR count). The number of carboxylic acid groups (broad SMARTS) is 1. The average Bonchev–Trinajstić information content (AvgIpc) is 3.14. The summed E-state index contributed by atoms with van der Waals surface area (Å²) in [5.41, 5.74) is 3.05. The Labute approximate surface area is 206 Å². The number of alkyl carbamates (subject to hydrolysis) is 1. The van der Waals surface area contributed by atoms with Crippen LogP contribution >= 0.6 is 0 Å². The molecule has 0 fully saturated rings. The van der Waals surface area contributed by atoms with Gasteiger partial charge in [-0.3, -0.25) is 4.79 Å². The van der Waals surface area contributed by atoms with Crippen molar-refractivity contribution in [2.45, 2.75) is 44.7 Å². The van der Waals surface area contributed by atoms with Gasteiger partial charge in [0.05, 0.1) is 0 Å². The summed E-state index contributed by atoms with van der Waals surface area (Å²) in [7, 11) is 3.74. The molecule has 0 aliphatic heterocycles. The molecule has 0 aromatic heterocycles. The van der Waals surface area contributed by atoms with E-state index in [0.29, 0.717) is 13.0 Å². The first-order valence-electron chi connectivity index (χ1n) is 11.9. The van der Waals surface area contributed by atoms with Gasteiger partial charge in [-0.2, -0.15) is 0 Å². The average molecular weight is 482 g/mol. The summed E-state index contributed by atoms with van der Waals surface area (Å²) in [6.07, 6.45) is -0.379. The topological polar surface area (TPSA) is 99.2 Å². The van der Waals surface area contributed by atoms with Crippen LogP contribution in [-0.2, 0) is 14.3 Å². The molecule has 0 saturated carbocycles. The van der Waals surface area contributed by atoms with Crippen LogP contribution in [0.3, 0.4) is 0 Å². The van der Waals surface area contributed by atoms with E-state index >= 15 is 0 Å². The number of fused-ring (bicyclic) bond motifs is 3. The number of rotatable bonds is 10. The molecular weight excluding hydrogens is 446 g/mol. The summed E-state index contributed by atoms with van der Waals surface area (Å²) in [6, 6.07) is 15.2. The zero-order valence-corrected chi connectivity index (χ0v) is 21.1. The van der Waals surface area contributed by atoms with Crippen molar-refractivity contribution in [2.75, 3.05) is 33.8 Å². The Bertz CT molecular complexity index is 1040. The fraction of sp³-hybridized carbons (Fsp3) is 0.444. The van der Waals surface area contributed by atoms with Crippen molar-refractivity contribution in [3.63, 3.8) is 0 Å². The molecule has 2 amide bonds. The van der Waals surface area contributed by atoms with Crippen LogP contribution in [-0.4, -0.2) is 78.2 Å². The van der Waals surface area contributed by atoms with E-state index in [2.05, 4.69) is 17.4 Å². The van der Waals surface area contributed by atoms with Gasteiger partial charge in [0.1, 0.15) is 18.2 Å². The second kappa shape index (κ2) is 10.9. The highest BCUT2D eigenvalue weighted by Gasteiger charge is 2.40. The number of hydrogen-bond donors (Lipinski definition) is 2. The molecule has 35 heavy (non-hydrogen) atoms. The number of nitrogens with one attached hydrogen (secondary N) is 1. The largest absolute Gasteiger partial charge is 0.480 e. The van der Waals surface area contributed by atoms with E-state index in [0.717, 1.165) is 22.3 Å². The number of benzene rings is 2. The lowest BCUT2D eigenvalue weighted by molar-refractivity contribution is -0.157. The Morgan fingerprint density at radius 3 is 2.06 bits per heavy atom. The molecule has 1 atom stereocenters. The maximum atomic E-state index is 13.3. The molecule has 0 saturated heterocycles. The Hall–Kier alpha value is -3.39. The van der Waals surface area contributed by atoms with Crippen molar-refractivity contribution in [1.82, 2.24) is 15.1 Å². The highest BCUT2D eigenvalue weighted by Crippen LogP contribution is 2.44. The molecule has 8 heteroatoms. The highest BCUT2D eigenvalue weighted by atomic mass is 16.5. The van der Waals surface area contributed by atoms with Gasteiger partial charge in [0.15, 0.2) is 0 Å². The van der Waals surface area contributed by atoms with Gasteiger partial charge < -0.3 is 25.0 Å². The molecule has 0 radical (unpaired) electrons. The van der Waals surface area contributed by atoms with Crippen LogP contribution in [0.25, 0.3) is 11.1 Å². The lowest BCUT2D eigenvalue weighted by atomic mass is 9.98. The second-order valence-electron chi connectivity index (χ2n) is 9.56. The highest BCUT2D eigenvalue weighted by molar-refractivity contribution is 5.91. The summed E-state index contributed by atoms with van der Waals surface area (Å²) < 4.78 is 5.62. The first kappa shape index (κ1) is 26.2. The number of hydrogen-bond acceptors (Lipinski definition) is 5. The van der Waals surface area contributed by atoms with E-state index in [-0.39, 0.29) is 19.1 Å². The normalized spacial score (nSPS) is 13.7. The monoisotopic (exact) mass is 481 g/mol. The number of amides is 2. The quantitative estimate of drug-likeness (QED) is 0.538. The lowest BCUT2D eigenvalue weighted by Crippen LogP contribution is -2.59. The summed E-state index contributed by atoms with van der Waals surface area (Å²) in [4.78, 5) is 41.1. The van der Waals surface area contributed by atoms with Gasteiger partial charge in [-0.25, -0.2) is 9.59 Å². The molecule has 0 bridgehead atoms. The molecule has 8 nitrogen and oxygen atoms in total. The minimum Gasteiger partial charge on any atom is -0.480 e. The third-order valence-electron chi connectivity index (χ3n) is 6.58. The van der Waals surface area contributed by atoms with Gasteiger partial charge in [-0.05, 0) is 70.1 Å². The van der Waals surface area contributed by atoms with Crippen molar-refractivity contribution < 1.29 is 24.2 Å². The number of carbonyl (C=O) groups excluding carboxylic acids is 2. The number of carboxylic acids is 1. The maximum absolute atomic E-state index is 13.3. The van der Waals surface area contributed by atoms with Crippen LogP contribution in [0.2, 0.25) is 0 Å². The third-order valence-corrected chi connectivity index (χ3v) is 6.58. The van der Waals surface area contributed by atoms with Crippen molar-refractivity contribution >= 4 is 18.0 Å². The number of nitrogens with zero attached hydrogens (tertiary/aromatic N) is 2. The number of aliphatic carboxylic acids is 1. The molecular formula is C27H35N3O5. The van der Waals surface area contributed by atoms with E-state index in [4.69, 9.17) is 4.74 Å². The van der Waals surface area contributed by atoms with Gasteiger partial charge in [-0.15, -0.1) is 0 Å². The van der Waals surface area contributed by atoms with Crippen LogP contribution in [0.4, 0.5) is 4.79 Å². The summed E-state index contributed by atoms with van der Waals surface area (Å²) >= 11 is 0. The van der Waals surface area contributed by atoms with Crippen LogP contribution in [0.15, 0.2) is 48.5 Å². The first-order chi connectivity index (χ1) is 16.6. The fourth-order valence-electron chi connectivity index (χ4n) is 4.56. The molecule has 1 aliphatic rings. The molecule has 1 unspecified atom stereocenters. The van der Waals surface area contributed by atoms with E-state index in [1.165, 1.54) is 18.7 Å². The number of ether oxygens (including phenoxy) is 1. The van der Waals surface area contributed by atoms with Gasteiger partial charge >= 0.3 is 12.1 Å². The van der Waals surface area contributed by atoms with Crippen molar-refractivity contribution in [3.05, 3.63) is 59.7 Å². The number of likely N-dealkylation sites (N-methyl/N-ethyl adjacent to an activating group) is 1. The van der Waals surface area contributed by atoms with Crippen LogP contribution in [0.5, 0.6) is 0 Å². The molecule has 1 aliphatic carbocycles. The van der Waals surface area contributed by atoms with Gasteiger partial charge in [-0.1, -0.05) is 48.5 Å². The third kappa shape index (κ3) is 5.65. The van der Waals surface area contributed by atoms with Crippen molar-refractivity contribution in [3.8, 4) is 11.1 Å². The van der Waals surface area contributed by atoms with Gasteiger partial charge in [0.2, 0.25) is 5.91 Å². The Balaban J connectivity index is 1.74. The zero-order valence-electron chi connectivity index (χ0n) is 21.1. The van der Waals surface area contributed by atoms with Crippen LogP contribution in [0, 0.1) is 0 Å². The smallest absolute Gasteiger partial charge is 0.407 e. The second-order valence-corrected chi connectivity index (χ2v) is 9.56. The van der Waals surface area contributed by atoms with Crippen LogP contribution < -0.4 is 5.32 Å². The molecule has 2 aromatic carbocycles. The summed E-state index contributed by atoms with van der Waals surface area (Å²) in [5, 5.41) is 12.3. The molecule has 0 spiro atoms. The maximum Gasteiger partial charge on any atom is 0.407 e. The van der Waals surface area contributed by atoms with E-state index < -0.39 is 29.6 Å². The van der Waals surface area contributed by atoms with Crippen LogP contribution in [0.1, 0.15) is 44.2 Å². The Morgan fingerprint density at radius 1 is 1.03 bits per heavy atom. The van der Waals surface area contributed by atoms with Gasteiger partial charge in [0.25, 0.3) is 0 Å². The number of carbonyl (C=O) groups is 3. The molecule has 0 heterocycles.